The molecule has 2 heterocycles. The normalized spacial score (nSPS) is 16.3. The highest BCUT2D eigenvalue weighted by Gasteiger charge is 2.48. The van der Waals surface area contributed by atoms with E-state index in [2.05, 4.69) is 10.2 Å². The fraction of sp³-hybridized carbons (Fsp3) is 0.200. The zero-order chi connectivity index (χ0) is 30.1. The number of thioether (sulfide) groups is 1. The first-order valence-corrected chi connectivity index (χ1v) is 15.4. The average molecular weight is 643 g/mol. The summed E-state index contributed by atoms with van der Waals surface area (Å²) >= 11 is 14.8. The molecule has 0 aliphatic carbocycles. The molecular formula is C30H25Cl2N3O5S2. The molecule has 1 saturated heterocycles. The van der Waals surface area contributed by atoms with Crippen molar-refractivity contribution in [2.24, 2.45) is 0 Å². The maximum Gasteiger partial charge on any atom is 0.301 e. The molecule has 42 heavy (non-hydrogen) atoms. The van der Waals surface area contributed by atoms with Crippen molar-refractivity contribution in [1.82, 2.24) is 10.2 Å². The fourth-order valence-corrected chi connectivity index (χ4v) is 7.02. The third kappa shape index (κ3) is 5.85. The van der Waals surface area contributed by atoms with Gasteiger partial charge in [0.1, 0.15) is 5.76 Å². The van der Waals surface area contributed by atoms with E-state index in [1.54, 1.807) is 37.3 Å². The smallest absolute Gasteiger partial charge is 0.301 e. The van der Waals surface area contributed by atoms with Gasteiger partial charge >= 0.3 is 5.91 Å². The Hall–Kier alpha value is -3.57. The number of halogens is 2. The van der Waals surface area contributed by atoms with E-state index in [9.17, 15) is 19.8 Å². The van der Waals surface area contributed by atoms with Crippen LogP contribution in [0.1, 0.15) is 40.8 Å². The lowest BCUT2D eigenvalue weighted by atomic mass is 9.93. The molecule has 216 valence electrons. The first-order valence-electron chi connectivity index (χ1n) is 12.8. The Kier molecular flexibility index (Phi) is 8.79. The number of hydrogen-bond acceptors (Lipinski definition) is 9. The highest BCUT2D eigenvalue weighted by Crippen LogP contribution is 2.46. The number of amides is 1. The molecule has 0 bridgehead atoms. The predicted octanol–water partition coefficient (Wildman–Crippen LogP) is 7.48. The number of phenolic OH excluding ortho intramolecular Hbond substituents is 1. The van der Waals surface area contributed by atoms with Gasteiger partial charge in [-0.25, -0.2) is 0 Å². The summed E-state index contributed by atoms with van der Waals surface area (Å²) < 4.78 is 6.13. The average Bonchev–Trinajstić information content (AvgIpc) is 3.52. The summed E-state index contributed by atoms with van der Waals surface area (Å²) in [5, 5.41) is 31.6. The number of rotatable bonds is 8. The maximum atomic E-state index is 13.6. The number of ether oxygens (including phenoxy) is 1. The summed E-state index contributed by atoms with van der Waals surface area (Å²) in [7, 11) is 0. The lowest BCUT2D eigenvalue weighted by Gasteiger charge is -2.23. The monoisotopic (exact) mass is 641 g/mol. The molecular weight excluding hydrogens is 617 g/mol. The Morgan fingerprint density at radius 1 is 1.07 bits per heavy atom. The van der Waals surface area contributed by atoms with Gasteiger partial charge in [-0.3, -0.25) is 14.5 Å². The van der Waals surface area contributed by atoms with E-state index in [4.69, 9.17) is 27.9 Å². The number of aliphatic hydroxyl groups is 1. The van der Waals surface area contributed by atoms with Gasteiger partial charge in [0.15, 0.2) is 15.8 Å². The Bertz CT molecular complexity index is 1740. The van der Waals surface area contributed by atoms with Gasteiger partial charge in [-0.15, -0.1) is 10.2 Å². The molecule has 1 fully saturated rings. The number of benzene rings is 3. The quantitative estimate of drug-likeness (QED) is 0.0669. The van der Waals surface area contributed by atoms with E-state index in [1.165, 1.54) is 22.7 Å². The van der Waals surface area contributed by atoms with Gasteiger partial charge in [-0.1, -0.05) is 76.1 Å². The third-order valence-corrected chi connectivity index (χ3v) is 9.35. The first-order chi connectivity index (χ1) is 20.1. The minimum absolute atomic E-state index is 0.0949. The standard InChI is InChI=1S/C30H25Cl2N3O5S2/c1-4-40-23-12-17(8-10-22(23)36)25-24(26(37)20-11-15(2)5-6-16(20)3)27(38)28(39)35(25)29-33-34-30(42-29)41-14-18-7-9-19(31)13-21(18)32/h5-13,25,36-37H,4,14H2,1-3H3/b26-24+. The molecule has 1 aromatic heterocycles. The van der Waals surface area contributed by atoms with Crippen LogP contribution < -0.4 is 9.64 Å². The molecule has 2 N–H and O–H groups in total. The Morgan fingerprint density at radius 3 is 2.60 bits per heavy atom. The number of anilines is 1. The Labute approximate surface area is 260 Å². The molecule has 3 aromatic carbocycles. The molecule has 5 rings (SSSR count). The van der Waals surface area contributed by atoms with Gasteiger partial charge < -0.3 is 14.9 Å². The second-order valence-corrected chi connectivity index (χ2v) is 12.5. The van der Waals surface area contributed by atoms with Crippen LogP contribution in [0.5, 0.6) is 11.5 Å². The summed E-state index contributed by atoms with van der Waals surface area (Å²) in [6.07, 6.45) is 0. The van der Waals surface area contributed by atoms with Gasteiger partial charge in [0.2, 0.25) is 5.13 Å². The molecule has 12 heteroatoms. The van der Waals surface area contributed by atoms with E-state index >= 15 is 0 Å². The molecule has 8 nitrogen and oxygen atoms in total. The number of nitrogens with zero attached hydrogens (tertiary/aromatic N) is 3. The van der Waals surface area contributed by atoms with Crippen LogP contribution in [-0.2, 0) is 15.3 Å². The molecule has 4 aromatic rings. The van der Waals surface area contributed by atoms with E-state index < -0.39 is 17.7 Å². The highest BCUT2D eigenvalue weighted by molar-refractivity contribution is 8.00. The number of aliphatic hydroxyl groups excluding tert-OH is 1. The van der Waals surface area contributed by atoms with Crippen LogP contribution in [0, 0.1) is 13.8 Å². The van der Waals surface area contributed by atoms with Gasteiger partial charge in [-0.05, 0) is 67.8 Å². The lowest BCUT2D eigenvalue weighted by Crippen LogP contribution is -2.29. The molecule has 1 amide bonds. The summed E-state index contributed by atoms with van der Waals surface area (Å²) in [6.45, 7) is 5.75. The second kappa shape index (κ2) is 12.3. The van der Waals surface area contributed by atoms with Gasteiger partial charge in [-0.2, -0.15) is 0 Å². The lowest BCUT2D eigenvalue weighted by molar-refractivity contribution is -0.132. The molecule has 0 spiro atoms. The number of aryl methyl sites for hydroxylation is 2. The van der Waals surface area contributed by atoms with E-state index in [0.717, 1.165) is 28.0 Å². The van der Waals surface area contributed by atoms with E-state index in [0.29, 0.717) is 31.3 Å². The summed E-state index contributed by atoms with van der Waals surface area (Å²) in [5.74, 6) is -1.45. The Morgan fingerprint density at radius 2 is 1.86 bits per heavy atom. The van der Waals surface area contributed by atoms with E-state index in [-0.39, 0.29) is 34.6 Å². The largest absolute Gasteiger partial charge is 0.507 e. The zero-order valence-electron chi connectivity index (χ0n) is 22.7. The van der Waals surface area contributed by atoms with Crippen LogP contribution in [0.2, 0.25) is 10.0 Å². The van der Waals surface area contributed by atoms with Gasteiger partial charge in [0.05, 0.1) is 18.2 Å². The second-order valence-electron chi connectivity index (χ2n) is 9.52. The first kappa shape index (κ1) is 29.9. The van der Waals surface area contributed by atoms with Crippen molar-refractivity contribution in [3.63, 3.8) is 0 Å². The number of ketones is 1. The molecule has 1 unspecified atom stereocenters. The van der Waals surface area contributed by atoms with Crippen molar-refractivity contribution < 1.29 is 24.5 Å². The maximum absolute atomic E-state index is 13.6. The van der Waals surface area contributed by atoms with E-state index in [1.807, 2.05) is 32.0 Å². The van der Waals surface area contributed by atoms with Crippen LogP contribution in [-0.4, -0.2) is 38.7 Å². The van der Waals surface area contributed by atoms with Crippen molar-refractivity contribution >= 4 is 68.9 Å². The molecule has 1 aliphatic rings. The highest BCUT2D eigenvalue weighted by atomic mass is 35.5. The van der Waals surface area contributed by atoms with Crippen LogP contribution in [0.4, 0.5) is 5.13 Å². The summed E-state index contributed by atoms with van der Waals surface area (Å²) in [5.41, 5.74) is 3.25. The van der Waals surface area contributed by atoms with Crippen molar-refractivity contribution in [2.75, 3.05) is 11.5 Å². The fourth-order valence-electron chi connectivity index (χ4n) is 4.59. The number of phenols is 1. The number of hydrogen-bond donors (Lipinski definition) is 2. The molecule has 0 radical (unpaired) electrons. The number of carbonyl (C=O) groups is 2. The zero-order valence-corrected chi connectivity index (χ0v) is 25.9. The summed E-state index contributed by atoms with van der Waals surface area (Å²) in [4.78, 5) is 28.4. The van der Waals surface area contributed by atoms with Crippen LogP contribution >= 0.6 is 46.3 Å². The minimum Gasteiger partial charge on any atom is -0.507 e. The van der Waals surface area contributed by atoms with Crippen LogP contribution in [0.25, 0.3) is 5.76 Å². The van der Waals surface area contributed by atoms with Crippen LogP contribution in [0.15, 0.2) is 64.5 Å². The van der Waals surface area contributed by atoms with Crippen molar-refractivity contribution in [1.29, 1.82) is 0 Å². The topological polar surface area (TPSA) is 113 Å². The van der Waals surface area contributed by atoms with Crippen molar-refractivity contribution in [3.8, 4) is 11.5 Å². The minimum atomic E-state index is -1.05. The van der Waals surface area contributed by atoms with Crippen molar-refractivity contribution in [3.05, 3.63) is 98.0 Å². The SMILES string of the molecule is CCOc1cc(C2/C(=C(\O)c3cc(C)ccc3C)C(=O)C(=O)N2c2nnc(SCc3ccc(Cl)cc3Cl)s2)ccc1O. The number of carbonyl (C=O) groups excluding carboxylic acids is 2. The summed E-state index contributed by atoms with van der Waals surface area (Å²) in [6, 6.07) is 14.2. The van der Waals surface area contributed by atoms with Crippen LogP contribution in [0.3, 0.4) is 0 Å². The van der Waals surface area contributed by atoms with Crippen molar-refractivity contribution in [2.45, 2.75) is 36.9 Å². The number of aromatic hydroxyl groups is 1. The predicted molar refractivity (Wildman–Crippen MR) is 166 cm³/mol. The Balaban J connectivity index is 1.59. The van der Waals surface area contributed by atoms with Gasteiger partial charge in [0, 0.05) is 21.4 Å². The van der Waals surface area contributed by atoms with Gasteiger partial charge in [0.25, 0.3) is 5.78 Å². The number of Topliss-reactive ketones (excluding diaryl/α,β-unsaturated/α-hetero) is 1. The molecule has 0 saturated carbocycles. The molecule has 1 atom stereocenters. The number of aromatic nitrogens is 2. The molecule has 1 aliphatic heterocycles. The third-order valence-electron chi connectivity index (χ3n) is 6.66.